The second-order valence-corrected chi connectivity index (χ2v) is 4.43. The largest absolute Gasteiger partial charge is 0.343 e. The van der Waals surface area contributed by atoms with Crippen LogP contribution in [0.1, 0.15) is 15.9 Å². The number of rotatable bonds is 4. The van der Waals surface area contributed by atoms with Crippen molar-refractivity contribution in [2.75, 3.05) is 11.9 Å². The van der Waals surface area contributed by atoms with Gasteiger partial charge in [0.05, 0.1) is 18.2 Å². The van der Waals surface area contributed by atoms with Gasteiger partial charge >= 0.3 is 0 Å². The molecule has 0 fully saturated rings. The normalized spacial score (nSPS) is 9.64. The van der Waals surface area contributed by atoms with Crippen molar-refractivity contribution in [1.29, 1.82) is 5.26 Å². The van der Waals surface area contributed by atoms with Crippen molar-refractivity contribution in [3.8, 4) is 6.07 Å². The number of carbonyl (C=O) groups excluding carboxylic acids is 2. The molecule has 110 valence electrons. The summed E-state index contributed by atoms with van der Waals surface area (Å²) in [5, 5.41) is 13.8. The van der Waals surface area contributed by atoms with Crippen LogP contribution in [0.4, 0.5) is 10.1 Å². The smallest absolute Gasteiger partial charge is 0.251 e. The lowest BCUT2D eigenvalue weighted by molar-refractivity contribution is -0.115. The first-order valence-corrected chi connectivity index (χ1v) is 6.42. The van der Waals surface area contributed by atoms with Crippen molar-refractivity contribution in [3.63, 3.8) is 0 Å². The molecule has 0 saturated carbocycles. The Hall–Kier alpha value is -3.20. The lowest BCUT2D eigenvalue weighted by atomic mass is 10.2. The van der Waals surface area contributed by atoms with Gasteiger partial charge in [-0.25, -0.2) is 4.39 Å². The zero-order chi connectivity index (χ0) is 15.9. The lowest BCUT2D eigenvalue weighted by Gasteiger charge is -2.07. The molecule has 0 saturated heterocycles. The Balaban J connectivity index is 1.88. The molecule has 0 aliphatic carbocycles. The lowest BCUT2D eigenvalue weighted by Crippen LogP contribution is -2.32. The molecule has 0 heterocycles. The maximum absolute atomic E-state index is 12.7. The molecule has 2 aromatic carbocycles. The quantitative estimate of drug-likeness (QED) is 0.906. The standard InChI is InChI=1S/C16H12FN3O2/c17-13-6-4-12(5-7-13)16(22)19-10-15(21)20-14-3-1-2-11(8-14)9-18/h1-8H,10H2,(H,19,22)(H,20,21). The molecule has 0 unspecified atom stereocenters. The third-order valence-corrected chi connectivity index (χ3v) is 2.79. The number of hydrogen-bond donors (Lipinski definition) is 2. The van der Waals surface area contributed by atoms with Crippen LogP contribution in [0.3, 0.4) is 0 Å². The predicted molar refractivity (Wildman–Crippen MR) is 78.5 cm³/mol. The van der Waals surface area contributed by atoms with Gasteiger partial charge in [0.2, 0.25) is 5.91 Å². The summed E-state index contributed by atoms with van der Waals surface area (Å²) in [6.45, 7) is -0.229. The molecule has 2 amide bonds. The summed E-state index contributed by atoms with van der Waals surface area (Å²) in [5.41, 5.74) is 1.16. The summed E-state index contributed by atoms with van der Waals surface area (Å²) < 4.78 is 12.7. The van der Waals surface area contributed by atoms with Crippen LogP contribution in [0.25, 0.3) is 0 Å². The average Bonchev–Trinajstić information content (AvgIpc) is 2.53. The number of nitrogens with zero attached hydrogens (tertiary/aromatic N) is 1. The minimum absolute atomic E-state index is 0.229. The Bertz CT molecular complexity index is 736. The first-order chi connectivity index (χ1) is 10.6. The average molecular weight is 297 g/mol. The summed E-state index contributed by atoms with van der Waals surface area (Å²) in [6, 6.07) is 13.4. The van der Waals surface area contributed by atoms with E-state index in [9.17, 15) is 14.0 Å². The number of halogens is 1. The van der Waals surface area contributed by atoms with Gasteiger partial charge in [-0.15, -0.1) is 0 Å². The fourth-order valence-corrected chi connectivity index (χ4v) is 1.74. The van der Waals surface area contributed by atoms with Gasteiger partial charge in [0.1, 0.15) is 5.82 Å². The van der Waals surface area contributed by atoms with Crippen LogP contribution >= 0.6 is 0 Å². The van der Waals surface area contributed by atoms with E-state index in [-0.39, 0.29) is 12.1 Å². The second-order valence-electron chi connectivity index (χ2n) is 4.43. The van der Waals surface area contributed by atoms with E-state index >= 15 is 0 Å². The van der Waals surface area contributed by atoms with Crippen LogP contribution in [-0.2, 0) is 4.79 Å². The topological polar surface area (TPSA) is 82.0 Å². The van der Waals surface area contributed by atoms with E-state index in [0.29, 0.717) is 11.3 Å². The van der Waals surface area contributed by atoms with E-state index in [1.165, 1.54) is 30.3 Å². The van der Waals surface area contributed by atoms with Crippen LogP contribution in [0.5, 0.6) is 0 Å². The molecule has 0 spiro atoms. The summed E-state index contributed by atoms with van der Waals surface area (Å²) >= 11 is 0. The molecule has 0 radical (unpaired) electrons. The van der Waals surface area contributed by atoms with Gasteiger partial charge < -0.3 is 10.6 Å². The molecule has 2 aromatic rings. The highest BCUT2D eigenvalue weighted by Crippen LogP contribution is 2.09. The molecule has 0 aliphatic rings. The van der Waals surface area contributed by atoms with Gasteiger partial charge in [0.25, 0.3) is 5.91 Å². The molecule has 5 nitrogen and oxygen atoms in total. The van der Waals surface area contributed by atoms with Gasteiger partial charge in [-0.1, -0.05) is 6.07 Å². The fraction of sp³-hybridized carbons (Fsp3) is 0.0625. The SMILES string of the molecule is N#Cc1cccc(NC(=O)CNC(=O)c2ccc(F)cc2)c1. The Morgan fingerprint density at radius 3 is 2.55 bits per heavy atom. The Morgan fingerprint density at radius 1 is 1.14 bits per heavy atom. The number of benzene rings is 2. The molecular weight excluding hydrogens is 285 g/mol. The molecule has 6 heteroatoms. The third-order valence-electron chi connectivity index (χ3n) is 2.79. The summed E-state index contributed by atoms with van der Waals surface area (Å²) in [4.78, 5) is 23.5. The highest BCUT2D eigenvalue weighted by Gasteiger charge is 2.08. The van der Waals surface area contributed by atoms with Crippen LogP contribution in [0, 0.1) is 17.1 Å². The molecule has 2 N–H and O–H groups in total. The number of carbonyl (C=O) groups is 2. The van der Waals surface area contributed by atoms with Gasteiger partial charge in [-0.3, -0.25) is 9.59 Å². The van der Waals surface area contributed by atoms with E-state index < -0.39 is 17.6 Å². The van der Waals surface area contributed by atoms with Crippen molar-refractivity contribution in [1.82, 2.24) is 5.32 Å². The van der Waals surface area contributed by atoms with Crippen molar-refractivity contribution < 1.29 is 14.0 Å². The molecular formula is C16H12FN3O2. The van der Waals surface area contributed by atoms with Gasteiger partial charge in [-0.05, 0) is 42.5 Å². The van der Waals surface area contributed by atoms with Crippen molar-refractivity contribution in [2.24, 2.45) is 0 Å². The van der Waals surface area contributed by atoms with Crippen molar-refractivity contribution in [2.45, 2.75) is 0 Å². The number of anilines is 1. The van der Waals surface area contributed by atoms with Gasteiger partial charge in [-0.2, -0.15) is 5.26 Å². The number of nitriles is 1. The molecule has 2 rings (SSSR count). The van der Waals surface area contributed by atoms with Crippen molar-refractivity contribution >= 4 is 17.5 Å². The molecule has 22 heavy (non-hydrogen) atoms. The van der Waals surface area contributed by atoms with Crippen LogP contribution in [-0.4, -0.2) is 18.4 Å². The Kier molecular flexibility index (Phi) is 4.83. The van der Waals surface area contributed by atoms with Crippen molar-refractivity contribution in [3.05, 3.63) is 65.5 Å². The van der Waals surface area contributed by atoms with Gasteiger partial charge in [0.15, 0.2) is 0 Å². The zero-order valence-electron chi connectivity index (χ0n) is 11.5. The number of amides is 2. The Labute approximate surface area is 126 Å². The van der Waals surface area contributed by atoms with E-state index in [1.807, 2.05) is 6.07 Å². The Morgan fingerprint density at radius 2 is 1.86 bits per heavy atom. The highest BCUT2D eigenvalue weighted by molar-refractivity contribution is 5.99. The van der Waals surface area contributed by atoms with E-state index in [0.717, 1.165) is 0 Å². The molecule has 0 bridgehead atoms. The molecule has 0 aliphatic heterocycles. The summed E-state index contributed by atoms with van der Waals surface area (Å²) in [5.74, 6) is -1.34. The monoisotopic (exact) mass is 297 g/mol. The first-order valence-electron chi connectivity index (χ1n) is 6.42. The first kappa shape index (κ1) is 15.2. The number of hydrogen-bond acceptors (Lipinski definition) is 3. The van der Waals surface area contributed by atoms with Crippen LogP contribution in [0.2, 0.25) is 0 Å². The highest BCUT2D eigenvalue weighted by atomic mass is 19.1. The maximum atomic E-state index is 12.7. The maximum Gasteiger partial charge on any atom is 0.251 e. The zero-order valence-corrected chi connectivity index (χ0v) is 11.5. The number of nitrogens with one attached hydrogen (secondary N) is 2. The van der Waals surface area contributed by atoms with Gasteiger partial charge in [0, 0.05) is 11.3 Å². The van der Waals surface area contributed by atoms with Crippen LogP contribution < -0.4 is 10.6 Å². The third kappa shape index (κ3) is 4.15. The molecule has 0 aromatic heterocycles. The minimum atomic E-state index is -0.471. The summed E-state index contributed by atoms with van der Waals surface area (Å²) in [6.07, 6.45) is 0. The predicted octanol–water partition coefficient (Wildman–Crippen LogP) is 2.07. The van der Waals surface area contributed by atoms with E-state index in [4.69, 9.17) is 5.26 Å². The fourth-order valence-electron chi connectivity index (χ4n) is 1.74. The second kappa shape index (κ2) is 6.99. The van der Waals surface area contributed by atoms with E-state index in [1.54, 1.807) is 18.2 Å². The van der Waals surface area contributed by atoms with Crippen LogP contribution in [0.15, 0.2) is 48.5 Å². The molecule has 0 atom stereocenters. The minimum Gasteiger partial charge on any atom is -0.343 e. The summed E-state index contributed by atoms with van der Waals surface area (Å²) in [7, 11) is 0. The van der Waals surface area contributed by atoms with E-state index in [2.05, 4.69) is 10.6 Å².